The fourth-order valence-electron chi connectivity index (χ4n) is 3.07. The number of halogens is 4. The first-order valence-corrected chi connectivity index (χ1v) is 8.08. The van der Waals surface area contributed by atoms with Crippen LogP contribution in [-0.4, -0.2) is 22.2 Å². The van der Waals surface area contributed by atoms with Crippen LogP contribution in [0.1, 0.15) is 47.3 Å². The van der Waals surface area contributed by atoms with Crippen molar-refractivity contribution in [2.45, 2.75) is 44.5 Å². The van der Waals surface area contributed by atoms with Gasteiger partial charge in [-0.2, -0.15) is 13.2 Å². The molecule has 1 aromatic carbocycles. The van der Waals surface area contributed by atoms with Gasteiger partial charge in [0.1, 0.15) is 5.82 Å². The Kier molecular flexibility index (Phi) is 4.99. The SMILES string of the molecule is O=C(NC1CCCC1)c1noc(-c2ccc(C(F)(F)F)c(F)c2)c1CO. The maximum atomic E-state index is 13.8. The third-order valence-corrected chi connectivity index (χ3v) is 4.39. The van der Waals surface area contributed by atoms with Gasteiger partial charge in [-0.3, -0.25) is 4.79 Å². The molecular formula is C17H16F4N2O3. The zero-order valence-corrected chi connectivity index (χ0v) is 13.6. The summed E-state index contributed by atoms with van der Waals surface area (Å²) >= 11 is 0. The maximum Gasteiger partial charge on any atom is 0.419 e. The Hall–Kier alpha value is -2.42. The third-order valence-electron chi connectivity index (χ3n) is 4.39. The normalized spacial score (nSPS) is 15.4. The van der Waals surface area contributed by atoms with Crippen molar-refractivity contribution in [2.24, 2.45) is 0 Å². The lowest BCUT2D eigenvalue weighted by Gasteiger charge is -2.11. The van der Waals surface area contributed by atoms with Crippen LogP contribution in [0.25, 0.3) is 11.3 Å². The Bertz CT molecular complexity index is 811. The number of benzene rings is 1. The molecule has 1 aromatic heterocycles. The van der Waals surface area contributed by atoms with Crippen molar-refractivity contribution in [3.63, 3.8) is 0 Å². The summed E-state index contributed by atoms with van der Waals surface area (Å²) in [4.78, 5) is 12.3. The Morgan fingerprint density at radius 1 is 1.31 bits per heavy atom. The van der Waals surface area contributed by atoms with E-state index in [1.54, 1.807) is 0 Å². The molecule has 0 atom stereocenters. The minimum absolute atomic E-state index is 0.000319. The Morgan fingerprint density at radius 2 is 2.00 bits per heavy atom. The number of carbonyl (C=O) groups excluding carboxylic acids is 1. The average Bonchev–Trinajstić information content (AvgIpc) is 3.22. The van der Waals surface area contributed by atoms with Crippen LogP contribution < -0.4 is 5.32 Å². The van der Waals surface area contributed by atoms with Crippen LogP contribution >= 0.6 is 0 Å². The molecule has 0 unspecified atom stereocenters. The highest BCUT2D eigenvalue weighted by atomic mass is 19.4. The van der Waals surface area contributed by atoms with Gasteiger partial charge in [-0.05, 0) is 25.0 Å². The van der Waals surface area contributed by atoms with Crippen molar-refractivity contribution in [3.8, 4) is 11.3 Å². The van der Waals surface area contributed by atoms with Crippen molar-refractivity contribution in [1.82, 2.24) is 10.5 Å². The summed E-state index contributed by atoms with van der Waals surface area (Å²) in [6.45, 7) is -0.630. The highest BCUT2D eigenvalue weighted by molar-refractivity contribution is 5.95. The highest BCUT2D eigenvalue weighted by Crippen LogP contribution is 2.35. The molecule has 2 N–H and O–H groups in total. The fourth-order valence-corrected chi connectivity index (χ4v) is 3.07. The number of rotatable bonds is 4. The lowest BCUT2D eigenvalue weighted by molar-refractivity contribution is -0.139. The van der Waals surface area contributed by atoms with Crippen LogP contribution in [0.2, 0.25) is 0 Å². The number of aromatic nitrogens is 1. The molecule has 1 aliphatic carbocycles. The fraction of sp³-hybridized carbons (Fsp3) is 0.412. The van der Waals surface area contributed by atoms with Crippen molar-refractivity contribution in [3.05, 3.63) is 40.8 Å². The molecule has 1 saturated carbocycles. The van der Waals surface area contributed by atoms with Gasteiger partial charge < -0.3 is 14.9 Å². The number of aliphatic hydroxyl groups is 1. The number of nitrogens with one attached hydrogen (secondary N) is 1. The molecule has 1 heterocycles. The van der Waals surface area contributed by atoms with Crippen LogP contribution in [0.3, 0.4) is 0 Å². The van der Waals surface area contributed by atoms with E-state index in [9.17, 15) is 27.5 Å². The number of hydrogen-bond donors (Lipinski definition) is 2. The molecule has 3 rings (SSSR count). The monoisotopic (exact) mass is 372 g/mol. The quantitative estimate of drug-likeness (QED) is 0.803. The van der Waals surface area contributed by atoms with Gasteiger partial charge in [-0.25, -0.2) is 4.39 Å². The first-order chi connectivity index (χ1) is 12.3. The second-order valence-corrected chi connectivity index (χ2v) is 6.14. The molecule has 0 bridgehead atoms. The zero-order chi connectivity index (χ0) is 18.9. The predicted octanol–water partition coefficient (Wildman–Crippen LogP) is 3.66. The van der Waals surface area contributed by atoms with Gasteiger partial charge >= 0.3 is 6.18 Å². The van der Waals surface area contributed by atoms with E-state index < -0.39 is 30.1 Å². The second kappa shape index (κ2) is 7.06. The molecule has 26 heavy (non-hydrogen) atoms. The van der Waals surface area contributed by atoms with Crippen molar-refractivity contribution >= 4 is 5.91 Å². The number of hydrogen-bond acceptors (Lipinski definition) is 4. The van der Waals surface area contributed by atoms with E-state index in [1.165, 1.54) is 0 Å². The maximum absolute atomic E-state index is 13.8. The molecule has 1 aliphatic rings. The molecule has 0 radical (unpaired) electrons. The minimum atomic E-state index is -4.82. The lowest BCUT2D eigenvalue weighted by Crippen LogP contribution is -2.33. The lowest BCUT2D eigenvalue weighted by atomic mass is 10.0. The number of amides is 1. The van der Waals surface area contributed by atoms with Crippen molar-refractivity contribution in [1.29, 1.82) is 0 Å². The average molecular weight is 372 g/mol. The van der Waals surface area contributed by atoms with Gasteiger partial charge in [-0.1, -0.05) is 24.1 Å². The summed E-state index contributed by atoms with van der Waals surface area (Å²) in [5.41, 5.74) is -1.62. The Labute approximate surface area is 146 Å². The zero-order valence-electron chi connectivity index (χ0n) is 13.6. The molecular weight excluding hydrogens is 356 g/mol. The first kappa shape index (κ1) is 18.4. The van der Waals surface area contributed by atoms with E-state index in [0.717, 1.165) is 31.7 Å². The third kappa shape index (κ3) is 3.57. The van der Waals surface area contributed by atoms with Gasteiger partial charge in [0.2, 0.25) is 0 Å². The summed E-state index contributed by atoms with van der Waals surface area (Å²) in [5.74, 6) is -2.16. The number of alkyl halides is 3. The van der Waals surface area contributed by atoms with Crippen LogP contribution in [0.5, 0.6) is 0 Å². The summed E-state index contributed by atoms with van der Waals surface area (Å²) < 4.78 is 56.8. The molecule has 5 nitrogen and oxygen atoms in total. The smallest absolute Gasteiger partial charge is 0.391 e. The summed E-state index contributed by atoms with van der Waals surface area (Å²) in [7, 11) is 0. The summed E-state index contributed by atoms with van der Waals surface area (Å²) in [5, 5.41) is 16.0. The molecule has 140 valence electrons. The van der Waals surface area contributed by atoms with E-state index in [0.29, 0.717) is 12.1 Å². The van der Waals surface area contributed by atoms with Crippen LogP contribution in [0, 0.1) is 5.82 Å². The number of nitrogens with zero attached hydrogens (tertiary/aromatic N) is 1. The Morgan fingerprint density at radius 3 is 2.58 bits per heavy atom. The molecule has 1 fully saturated rings. The molecule has 1 amide bonds. The second-order valence-electron chi connectivity index (χ2n) is 6.14. The van der Waals surface area contributed by atoms with Gasteiger partial charge in [0.15, 0.2) is 11.5 Å². The first-order valence-electron chi connectivity index (χ1n) is 8.08. The number of aliphatic hydroxyl groups excluding tert-OH is 1. The standard InChI is InChI=1S/C17H16F4N2O3/c18-13-7-9(5-6-12(13)17(19,20)21)15-11(8-24)14(23-26-15)16(25)22-10-3-1-2-4-10/h5-7,10,24H,1-4,8H2,(H,22,25). The summed E-state index contributed by atoms with van der Waals surface area (Å²) in [6.07, 6.45) is -1.13. The predicted molar refractivity (Wildman–Crippen MR) is 82.5 cm³/mol. The van der Waals surface area contributed by atoms with Gasteiger partial charge in [0.25, 0.3) is 5.91 Å². The largest absolute Gasteiger partial charge is 0.419 e. The molecule has 0 saturated heterocycles. The Balaban J connectivity index is 1.90. The van der Waals surface area contributed by atoms with Gasteiger partial charge in [0, 0.05) is 11.6 Å². The van der Waals surface area contributed by atoms with Crippen molar-refractivity contribution in [2.75, 3.05) is 0 Å². The van der Waals surface area contributed by atoms with E-state index >= 15 is 0 Å². The van der Waals surface area contributed by atoms with Gasteiger partial charge in [-0.15, -0.1) is 0 Å². The van der Waals surface area contributed by atoms with E-state index in [1.807, 2.05) is 0 Å². The molecule has 0 spiro atoms. The van der Waals surface area contributed by atoms with Crippen LogP contribution in [0.4, 0.5) is 17.6 Å². The topological polar surface area (TPSA) is 75.4 Å². The summed E-state index contributed by atoms with van der Waals surface area (Å²) in [6, 6.07) is 2.23. The van der Waals surface area contributed by atoms with E-state index in [2.05, 4.69) is 10.5 Å². The van der Waals surface area contributed by atoms with Gasteiger partial charge in [0.05, 0.1) is 17.7 Å². The van der Waals surface area contributed by atoms with Crippen molar-refractivity contribution < 1.29 is 32.0 Å². The number of carbonyl (C=O) groups is 1. The minimum Gasteiger partial charge on any atom is -0.391 e. The van der Waals surface area contributed by atoms with Crippen LogP contribution in [-0.2, 0) is 12.8 Å². The van der Waals surface area contributed by atoms with Crippen LogP contribution in [0.15, 0.2) is 22.7 Å². The van der Waals surface area contributed by atoms with E-state index in [-0.39, 0.29) is 28.6 Å². The molecule has 9 heteroatoms. The van der Waals surface area contributed by atoms with E-state index in [4.69, 9.17) is 4.52 Å². The highest BCUT2D eigenvalue weighted by Gasteiger charge is 2.34. The molecule has 2 aromatic rings. The molecule has 0 aliphatic heterocycles.